The number of unbranched alkanes of at least 4 members (excludes halogenated alkanes) is 1. The number of carbonyl (C=O) groups is 2. The number of piperidine rings is 1. The van der Waals surface area contributed by atoms with Gasteiger partial charge >= 0.3 is 6.09 Å². The highest BCUT2D eigenvalue weighted by molar-refractivity contribution is 5.94. The first kappa shape index (κ1) is 34.1. The molecule has 0 saturated carbocycles. The molecule has 5 rings (SSSR count). The molecule has 3 unspecified atom stereocenters. The Morgan fingerprint density at radius 1 is 0.936 bits per heavy atom. The molecule has 10 heteroatoms. The molecule has 0 aliphatic carbocycles. The van der Waals surface area contributed by atoms with Crippen molar-refractivity contribution in [2.45, 2.75) is 63.1 Å². The molecule has 3 aromatic rings. The average molecular weight is 647 g/mol. The topological polar surface area (TPSA) is 116 Å². The number of amides is 2. The molecule has 3 atom stereocenters. The fourth-order valence-electron chi connectivity index (χ4n) is 6.26. The van der Waals surface area contributed by atoms with E-state index in [1.165, 1.54) is 4.90 Å². The van der Waals surface area contributed by atoms with Crippen molar-refractivity contribution in [3.8, 4) is 17.2 Å². The minimum Gasteiger partial charge on any atom is -0.494 e. The van der Waals surface area contributed by atoms with Gasteiger partial charge in [-0.3, -0.25) is 4.79 Å². The quantitative estimate of drug-likeness (QED) is 0.163. The molecule has 3 aromatic carbocycles. The summed E-state index contributed by atoms with van der Waals surface area (Å²) in [4.78, 5) is 25.5. The van der Waals surface area contributed by atoms with Gasteiger partial charge in [-0.05, 0) is 85.5 Å². The Morgan fingerprint density at radius 3 is 2.45 bits per heavy atom. The first-order valence-corrected chi connectivity index (χ1v) is 16.5. The molecule has 47 heavy (non-hydrogen) atoms. The van der Waals surface area contributed by atoms with Gasteiger partial charge in [0.15, 0.2) is 11.5 Å². The van der Waals surface area contributed by atoms with Crippen molar-refractivity contribution in [2.24, 2.45) is 0 Å². The van der Waals surface area contributed by atoms with E-state index in [2.05, 4.69) is 29.6 Å². The van der Waals surface area contributed by atoms with Crippen LogP contribution < -0.4 is 19.5 Å². The van der Waals surface area contributed by atoms with Crippen molar-refractivity contribution in [1.82, 2.24) is 4.90 Å². The first-order chi connectivity index (χ1) is 22.9. The van der Waals surface area contributed by atoms with Crippen LogP contribution in [-0.4, -0.2) is 75.2 Å². The Kier molecular flexibility index (Phi) is 12.3. The molecule has 252 valence electrons. The third-order valence-electron chi connectivity index (χ3n) is 8.83. The molecule has 2 amide bonds. The lowest BCUT2D eigenvalue weighted by atomic mass is 9.86. The lowest BCUT2D eigenvalue weighted by Crippen LogP contribution is -2.46. The number of carboxylic acid groups (broad SMARTS) is 1. The maximum atomic E-state index is 12.1. The van der Waals surface area contributed by atoms with Crippen LogP contribution in [0.1, 0.15) is 67.2 Å². The number of fused-ring (bicyclic) bond motifs is 1. The van der Waals surface area contributed by atoms with Gasteiger partial charge in [0.05, 0.1) is 39.1 Å². The van der Waals surface area contributed by atoms with Gasteiger partial charge in [0.1, 0.15) is 5.75 Å². The Bertz CT molecular complexity index is 1460. The lowest BCUT2D eigenvalue weighted by molar-refractivity contribution is -0.116. The molecule has 2 N–H and O–H groups in total. The highest BCUT2D eigenvalue weighted by Gasteiger charge is 2.35. The van der Waals surface area contributed by atoms with Crippen molar-refractivity contribution in [3.63, 3.8) is 0 Å². The number of methoxy groups -OCH3 is 2. The number of para-hydroxylation sites is 2. The molecular formula is C37H46N2O8. The molecule has 10 nitrogen and oxygen atoms in total. The van der Waals surface area contributed by atoms with E-state index in [1.807, 2.05) is 42.5 Å². The van der Waals surface area contributed by atoms with Gasteiger partial charge < -0.3 is 39.0 Å². The number of benzene rings is 3. The number of carbonyl (C=O) groups excluding carboxylic acids is 1. The zero-order valence-corrected chi connectivity index (χ0v) is 27.3. The van der Waals surface area contributed by atoms with E-state index in [0.717, 1.165) is 58.9 Å². The van der Waals surface area contributed by atoms with E-state index in [-0.39, 0.29) is 30.6 Å². The standard InChI is InChI=1S/C37H46N2O8/c1-43-21-7-10-32(28-12-11-27-15-18-36(40)38-31(27)24-28)47-35-25-39(37(41)42)20-19-30(35)26-13-16-29(17-14-26)45-22-5-6-23-46-34-9-4-3-8-33(34)44-2/h3-4,8-9,11-14,16-17,24,30,32,35H,5-7,10,15,18-23,25H2,1-2H3,(H,38,40)(H,41,42). The van der Waals surface area contributed by atoms with Gasteiger partial charge in [-0.1, -0.05) is 36.4 Å². The molecule has 1 fully saturated rings. The summed E-state index contributed by atoms with van der Waals surface area (Å²) >= 11 is 0. The second kappa shape index (κ2) is 17.0. The van der Waals surface area contributed by atoms with Gasteiger partial charge in [0.25, 0.3) is 0 Å². The average Bonchev–Trinajstić information content (AvgIpc) is 3.09. The molecule has 0 radical (unpaired) electrons. The van der Waals surface area contributed by atoms with Crippen molar-refractivity contribution >= 4 is 17.7 Å². The van der Waals surface area contributed by atoms with Gasteiger partial charge in [0, 0.05) is 38.3 Å². The van der Waals surface area contributed by atoms with Crippen LogP contribution >= 0.6 is 0 Å². The van der Waals surface area contributed by atoms with Crippen molar-refractivity contribution in [1.29, 1.82) is 0 Å². The van der Waals surface area contributed by atoms with Crippen LogP contribution in [0.5, 0.6) is 17.2 Å². The first-order valence-electron chi connectivity index (χ1n) is 16.5. The molecule has 1 saturated heterocycles. The number of aryl methyl sites for hydroxylation is 1. The maximum absolute atomic E-state index is 12.1. The molecule has 2 aliphatic rings. The Morgan fingerprint density at radius 2 is 1.70 bits per heavy atom. The number of ether oxygens (including phenoxy) is 5. The van der Waals surface area contributed by atoms with Crippen LogP contribution in [0.4, 0.5) is 10.5 Å². The normalized spacial score (nSPS) is 18.2. The predicted octanol–water partition coefficient (Wildman–Crippen LogP) is 6.84. The van der Waals surface area contributed by atoms with Gasteiger partial charge in [-0.15, -0.1) is 0 Å². The zero-order valence-electron chi connectivity index (χ0n) is 27.3. The van der Waals surface area contributed by atoms with Gasteiger partial charge in [-0.25, -0.2) is 4.79 Å². The lowest BCUT2D eigenvalue weighted by Gasteiger charge is -2.39. The van der Waals surface area contributed by atoms with Crippen LogP contribution in [-0.2, 0) is 20.7 Å². The van der Waals surface area contributed by atoms with Crippen LogP contribution in [0.3, 0.4) is 0 Å². The van der Waals surface area contributed by atoms with Crippen molar-refractivity contribution < 1.29 is 38.4 Å². The summed E-state index contributed by atoms with van der Waals surface area (Å²) < 4.78 is 29.4. The summed E-state index contributed by atoms with van der Waals surface area (Å²) in [6.45, 7) is 2.45. The van der Waals surface area contributed by atoms with E-state index in [0.29, 0.717) is 52.0 Å². The minimum absolute atomic E-state index is 0.00836. The number of anilines is 1. The van der Waals surface area contributed by atoms with Crippen LogP contribution in [0.15, 0.2) is 66.7 Å². The summed E-state index contributed by atoms with van der Waals surface area (Å²) in [5, 5.41) is 12.8. The summed E-state index contributed by atoms with van der Waals surface area (Å²) in [6, 6.07) is 21.8. The third kappa shape index (κ3) is 9.39. The SMILES string of the molecule is COCCCC(OC1CN(C(=O)O)CCC1c1ccc(OCCCCOc2ccccc2OC)cc1)c1ccc2c(c1)NC(=O)CC2. The molecule has 0 aromatic heterocycles. The van der Waals surface area contributed by atoms with Gasteiger partial charge in [-0.2, -0.15) is 0 Å². The van der Waals surface area contributed by atoms with Crippen molar-refractivity contribution in [2.75, 3.05) is 52.4 Å². The number of hydrogen-bond acceptors (Lipinski definition) is 7. The third-order valence-corrected chi connectivity index (χ3v) is 8.83. The number of rotatable bonds is 16. The number of nitrogens with one attached hydrogen (secondary N) is 1. The van der Waals surface area contributed by atoms with Crippen molar-refractivity contribution in [3.05, 3.63) is 83.4 Å². The highest BCUT2D eigenvalue weighted by Crippen LogP contribution is 2.37. The van der Waals surface area contributed by atoms with Crippen LogP contribution in [0.2, 0.25) is 0 Å². The number of nitrogens with zero attached hydrogens (tertiary/aromatic N) is 1. The summed E-state index contributed by atoms with van der Waals surface area (Å²) in [7, 11) is 3.31. The fraction of sp³-hybridized carbons (Fsp3) is 0.459. The van der Waals surface area contributed by atoms with E-state index in [1.54, 1.807) is 14.2 Å². The van der Waals surface area contributed by atoms with E-state index in [4.69, 9.17) is 23.7 Å². The predicted molar refractivity (Wildman–Crippen MR) is 179 cm³/mol. The number of hydrogen-bond donors (Lipinski definition) is 2. The van der Waals surface area contributed by atoms with E-state index < -0.39 is 6.09 Å². The zero-order chi connectivity index (χ0) is 33.0. The van der Waals surface area contributed by atoms with E-state index >= 15 is 0 Å². The smallest absolute Gasteiger partial charge is 0.407 e. The fourth-order valence-corrected chi connectivity index (χ4v) is 6.26. The highest BCUT2D eigenvalue weighted by atomic mass is 16.5. The van der Waals surface area contributed by atoms with Gasteiger partial charge in [0.2, 0.25) is 5.91 Å². The summed E-state index contributed by atoms with van der Waals surface area (Å²) in [6.07, 6.45) is 3.44. The van der Waals surface area contributed by atoms with Crippen LogP contribution in [0, 0.1) is 0 Å². The molecule has 2 heterocycles. The monoisotopic (exact) mass is 646 g/mol. The second-order valence-electron chi connectivity index (χ2n) is 12.0. The molecular weight excluding hydrogens is 600 g/mol. The molecule has 2 aliphatic heterocycles. The maximum Gasteiger partial charge on any atom is 0.407 e. The van der Waals surface area contributed by atoms with Crippen LogP contribution in [0.25, 0.3) is 0 Å². The second-order valence-corrected chi connectivity index (χ2v) is 12.0. The molecule has 0 bridgehead atoms. The Labute approximate surface area is 276 Å². The molecule has 0 spiro atoms. The Hall–Kier alpha value is -4.28. The minimum atomic E-state index is -0.943. The Balaban J connectivity index is 1.21. The van der Waals surface area contributed by atoms with E-state index in [9.17, 15) is 14.7 Å². The number of likely N-dealkylation sites (tertiary alicyclic amines) is 1. The largest absolute Gasteiger partial charge is 0.494 e. The summed E-state index contributed by atoms with van der Waals surface area (Å²) in [5.74, 6) is 2.27. The summed E-state index contributed by atoms with van der Waals surface area (Å²) in [5.41, 5.74) is 3.99.